The molecular formula is C10H12N4. The first-order valence-corrected chi connectivity index (χ1v) is 4.91. The van der Waals surface area contributed by atoms with Gasteiger partial charge in [-0.1, -0.05) is 0 Å². The molecule has 0 bridgehead atoms. The third kappa shape index (κ3) is 1.11. The summed E-state index contributed by atoms with van der Waals surface area (Å²) >= 11 is 0. The van der Waals surface area contributed by atoms with Crippen LogP contribution in [0.1, 0.15) is 24.6 Å². The number of fused-ring (bicyclic) bond motifs is 1. The van der Waals surface area contributed by atoms with Crippen molar-refractivity contribution in [3.05, 3.63) is 24.2 Å². The molecule has 0 radical (unpaired) electrons. The van der Waals surface area contributed by atoms with E-state index in [4.69, 9.17) is 5.73 Å². The molecule has 2 N–H and O–H groups in total. The number of nitrogens with two attached hydrogens (primary N) is 1. The van der Waals surface area contributed by atoms with E-state index in [1.807, 2.05) is 18.5 Å². The van der Waals surface area contributed by atoms with Crippen molar-refractivity contribution in [2.24, 2.45) is 5.73 Å². The molecule has 0 spiro atoms. The summed E-state index contributed by atoms with van der Waals surface area (Å²) in [4.78, 5) is 8.81. The fraction of sp³-hybridized carbons (Fsp3) is 0.400. The molecule has 1 saturated carbocycles. The van der Waals surface area contributed by atoms with Gasteiger partial charge in [-0.3, -0.25) is 0 Å². The van der Waals surface area contributed by atoms with Crippen molar-refractivity contribution in [3.63, 3.8) is 0 Å². The quantitative estimate of drug-likeness (QED) is 0.771. The summed E-state index contributed by atoms with van der Waals surface area (Å²) < 4.78 is 2.16. The number of imidazole rings is 1. The van der Waals surface area contributed by atoms with Gasteiger partial charge in [0.1, 0.15) is 5.52 Å². The van der Waals surface area contributed by atoms with E-state index in [1.165, 1.54) is 12.8 Å². The molecule has 0 unspecified atom stereocenters. The lowest BCUT2D eigenvalue weighted by atomic mass is 10.3. The number of hydrogen-bond donors (Lipinski definition) is 1. The summed E-state index contributed by atoms with van der Waals surface area (Å²) in [6, 6.07) is 4.55. The van der Waals surface area contributed by atoms with Gasteiger partial charge < -0.3 is 10.3 Å². The zero-order chi connectivity index (χ0) is 9.54. The Hall–Kier alpha value is -1.42. The Kier molecular flexibility index (Phi) is 1.58. The molecule has 0 saturated heterocycles. The minimum absolute atomic E-state index is 0.492. The highest BCUT2D eigenvalue weighted by atomic mass is 15.1. The molecule has 0 amide bonds. The molecule has 1 fully saturated rings. The van der Waals surface area contributed by atoms with Crippen molar-refractivity contribution in [2.45, 2.75) is 25.4 Å². The summed E-state index contributed by atoms with van der Waals surface area (Å²) in [6.45, 7) is 0.492. The van der Waals surface area contributed by atoms with Crippen LogP contribution >= 0.6 is 0 Å². The smallest absolute Gasteiger partial charge is 0.160 e. The third-order valence-corrected chi connectivity index (χ3v) is 2.63. The largest absolute Gasteiger partial charge is 0.325 e. The number of aromatic nitrogens is 3. The Morgan fingerprint density at radius 2 is 2.29 bits per heavy atom. The lowest BCUT2D eigenvalue weighted by molar-refractivity contribution is 0.754. The summed E-state index contributed by atoms with van der Waals surface area (Å²) in [6.07, 6.45) is 4.38. The van der Waals surface area contributed by atoms with Gasteiger partial charge in [-0.25, -0.2) is 9.97 Å². The topological polar surface area (TPSA) is 56.7 Å². The van der Waals surface area contributed by atoms with Crippen molar-refractivity contribution in [1.29, 1.82) is 0 Å². The van der Waals surface area contributed by atoms with Crippen molar-refractivity contribution >= 4 is 11.2 Å². The third-order valence-electron chi connectivity index (χ3n) is 2.63. The second-order valence-electron chi connectivity index (χ2n) is 3.73. The fourth-order valence-corrected chi connectivity index (χ4v) is 1.68. The highest BCUT2D eigenvalue weighted by Crippen LogP contribution is 2.36. The van der Waals surface area contributed by atoms with E-state index in [1.54, 1.807) is 0 Å². The predicted octanol–water partition coefficient (Wildman–Crippen LogP) is 1.22. The minimum Gasteiger partial charge on any atom is -0.325 e. The summed E-state index contributed by atoms with van der Waals surface area (Å²) in [5, 5.41) is 0. The molecule has 2 aromatic rings. The molecule has 3 rings (SSSR count). The first kappa shape index (κ1) is 7.94. The van der Waals surface area contributed by atoms with E-state index in [2.05, 4.69) is 14.5 Å². The summed E-state index contributed by atoms with van der Waals surface area (Å²) in [7, 11) is 0. The first-order chi connectivity index (χ1) is 6.88. The Balaban J connectivity index is 2.20. The number of rotatable bonds is 2. The average Bonchev–Trinajstić information content (AvgIpc) is 2.98. The van der Waals surface area contributed by atoms with Crippen LogP contribution < -0.4 is 5.73 Å². The van der Waals surface area contributed by atoms with Crippen LogP contribution in [-0.2, 0) is 6.54 Å². The second-order valence-corrected chi connectivity index (χ2v) is 3.73. The van der Waals surface area contributed by atoms with Crippen LogP contribution in [-0.4, -0.2) is 14.5 Å². The molecule has 72 valence electrons. The van der Waals surface area contributed by atoms with Gasteiger partial charge in [0.2, 0.25) is 0 Å². The maximum atomic E-state index is 5.56. The lowest BCUT2D eigenvalue weighted by Gasteiger charge is -2.00. The van der Waals surface area contributed by atoms with Crippen LogP contribution in [0.4, 0.5) is 0 Å². The molecule has 1 aliphatic carbocycles. The van der Waals surface area contributed by atoms with Crippen LogP contribution in [0.3, 0.4) is 0 Å². The molecule has 14 heavy (non-hydrogen) atoms. The van der Waals surface area contributed by atoms with E-state index in [9.17, 15) is 0 Å². The van der Waals surface area contributed by atoms with Gasteiger partial charge in [0.15, 0.2) is 5.65 Å². The highest BCUT2D eigenvalue weighted by Gasteiger charge is 2.25. The first-order valence-electron chi connectivity index (χ1n) is 4.91. The highest BCUT2D eigenvalue weighted by molar-refractivity contribution is 5.71. The maximum absolute atomic E-state index is 5.56. The van der Waals surface area contributed by atoms with Crippen molar-refractivity contribution in [2.75, 3.05) is 0 Å². The van der Waals surface area contributed by atoms with E-state index < -0.39 is 0 Å². The molecule has 0 aromatic carbocycles. The van der Waals surface area contributed by atoms with E-state index in [0.29, 0.717) is 12.6 Å². The zero-order valence-electron chi connectivity index (χ0n) is 7.85. The van der Waals surface area contributed by atoms with Gasteiger partial charge >= 0.3 is 0 Å². The second kappa shape index (κ2) is 2.78. The van der Waals surface area contributed by atoms with Gasteiger partial charge in [0.25, 0.3) is 0 Å². The molecule has 2 heterocycles. The Morgan fingerprint density at radius 3 is 3.00 bits per heavy atom. The molecule has 4 heteroatoms. The summed E-state index contributed by atoms with van der Waals surface area (Å²) in [5.74, 6) is 0. The minimum atomic E-state index is 0.492. The van der Waals surface area contributed by atoms with Crippen molar-refractivity contribution in [3.8, 4) is 0 Å². The lowest BCUT2D eigenvalue weighted by Crippen LogP contribution is -2.01. The van der Waals surface area contributed by atoms with Gasteiger partial charge in [0, 0.05) is 12.6 Å². The molecule has 0 aliphatic heterocycles. The summed E-state index contributed by atoms with van der Waals surface area (Å²) in [5.41, 5.74) is 8.44. The normalized spacial score (nSPS) is 16.4. The van der Waals surface area contributed by atoms with E-state index in [-0.39, 0.29) is 0 Å². The average molecular weight is 188 g/mol. The SMILES string of the molecule is NCc1ccc2ncn(C3CC3)c2n1. The van der Waals surface area contributed by atoms with Crippen molar-refractivity contribution in [1.82, 2.24) is 14.5 Å². The van der Waals surface area contributed by atoms with Gasteiger partial charge in [0.05, 0.1) is 12.0 Å². The standard InChI is InChI=1S/C10H12N4/c11-5-7-1-4-9-10(13-7)14(6-12-9)8-2-3-8/h1,4,6,8H,2-3,5,11H2. The van der Waals surface area contributed by atoms with Gasteiger partial charge in [-0.05, 0) is 25.0 Å². The van der Waals surface area contributed by atoms with Crippen LogP contribution in [0.2, 0.25) is 0 Å². The van der Waals surface area contributed by atoms with Crippen LogP contribution in [0.25, 0.3) is 11.2 Å². The molecule has 2 aromatic heterocycles. The van der Waals surface area contributed by atoms with Crippen LogP contribution in [0.5, 0.6) is 0 Å². The number of pyridine rings is 1. The molecular weight excluding hydrogens is 176 g/mol. The fourth-order valence-electron chi connectivity index (χ4n) is 1.68. The Bertz CT molecular complexity index is 470. The molecule has 4 nitrogen and oxygen atoms in total. The number of nitrogens with zero attached hydrogens (tertiary/aromatic N) is 3. The van der Waals surface area contributed by atoms with Gasteiger partial charge in [-0.2, -0.15) is 0 Å². The Labute approximate surface area is 81.8 Å². The zero-order valence-corrected chi connectivity index (χ0v) is 7.85. The van der Waals surface area contributed by atoms with E-state index in [0.717, 1.165) is 16.9 Å². The van der Waals surface area contributed by atoms with Crippen LogP contribution in [0.15, 0.2) is 18.5 Å². The monoisotopic (exact) mass is 188 g/mol. The predicted molar refractivity (Wildman–Crippen MR) is 53.7 cm³/mol. The van der Waals surface area contributed by atoms with Crippen LogP contribution in [0, 0.1) is 0 Å². The number of hydrogen-bond acceptors (Lipinski definition) is 3. The van der Waals surface area contributed by atoms with Crippen molar-refractivity contribution < 1.29 is 0 Å². The maximum Gasteiger partial charge on any atom is 0.160 e. The van der Waals surface area contributed by atoms with E-state index >= 15 is 0 Å². The Morgan fingerprint density at radius 1 is 1.43 bits per heavy atom. The molecule has 1 aliphatic rings. The molecule has 0 atom stereocenters. The van der Waals surface area contributed by atoms with Gasteiger partial charge in [-0.15, -0.1) is 0 Å².